The number of nitrogens with zero attached hydrogens (tertiary/aromatic N) is 2. The van der Waals surface area contributed by atoms with Crippen LogP contribution in [0.1, 0.15) is 23.7 Å². The fourth-order valence-electron chi connectivity index (χ4n) is 3.86. The molecule has 3 heterocycles. The van der Waals surface area contributed by atoms with Crippen LogP contribution in [0.5, 0.6) is 11.5 Å². The van der Waals surface area contributed by atoms with E-state index >= 15 is 0 Å². The van der Waals surface area contributed by atoms with E-state index in [4.69, 9.17) is 9.47 Å². The number of halogens is 1. The second kappa shape index (κ2) is 7.40. The zero-order valence-electron chi connectivity index (χ0n) is 14.6. The van der Waals surface area contributed by atoms with Crippen molar-refractivity contribution in [1.82, 2.24) is 15.1 Å². The molecule has 0 aromatic heterocycles. The summed E-state index contributed by atoms with van der Waals surface area (Å²) in [6.07, 6.45) is 1.24. The zero-order chi connectivity index (χ0) is 16.6. The van der Waals surface area contributed by atoms with Crippen LogP contribution in [0.25, 0.3) is 0 Å². The van der Waals surface area contributed by atoms with Crippen molar-refractivity contribution in [3.8, 4) is 11.5 Å². The average Bonchev–Trinajstić information content (AvgIpc) is 3.23. The Kier molecular flexibility index (Phi) is 5.41. The van der Waals surface area contributed by atoms with Crippen LogP contribution in [0.15, 0.2) is 18.2 Å². The van der Waals surface area contributed by atoms with Crippen LogP contribution in [-0.2, 0) is 0 Å². The van der Waals surface area contributed by atoms with Crippen molar-refractivity contribution in [3.05, 3.63) is 23.8 Å². The molecule has 4 rings (SSSR count). The quantitative estimate of drug-likeness (QED) is 0.879. The van der Waals surface area contributed by atoms with E-state index in [1.165, 1.54) is 6.42 Å². The first-order valence-corrected chi connectivity index (χ1v) is 8.75. The molecule has 2 fully saturated rings. The highest BCUT2D eigenvalue weighted by atomic mass is 35.5. The van der Waals surface area contributed by atoms with Crippen LogP contribution in [0.4, 0.5) is 0 Å². The summed E-state index contributed by atoms with van der Waals surface area (Å²) in [5.41, 5.74) is 1.06. The predicted molar refractivity (Wildman–Crippen MR) is 97.8 cm³/mol. The van der Waals surface area contributed by atoms with E-state index in [2.05, 4.69) is 17.1 Å². The summed E-state index contributed by atoms with van der Waals surface area (Å²) in [4.78, 5) is 17.2. The van der Waals surface area contributed by atoms with Gasteiger partial charge in [-0.25, -0.2) is 0 Å². The second-order valence-corrected chi connectivity index (χ2v) is 7.37. The SMILES string of the molecule is CC1(CN2CCN(C(=O)c3ccc4c(c3)OCO4)CC2)CCNC1.Cl. The lowest BCUT2D eigenvalue weighted by Gasteiger charge is -2.38. The molecule has 2 saturated heterocycles. The number of nitrogens with one attached hydrogen (secondary N) is 1. The van der Waals surface area contributed by atoms with E-state index in [1.54, 1.807) is 6.07 Å². The van der Waals surface area contributed by atoms with Crippen LogP contribution in [0.2, 0.25) is 0 Å². The fourth-order valence-corrected chi connectivity index (χ4v) is 3.86. The number of benzene rings is 1. The van der Waals surface area contributed by atoms with E-state index in [9.17, 15) is 4.79 Å². The van der Waals surface area contributed by atoms with Gasteiger partial charge in [0, 0.05) is 44.8 Å². The Balaban J connectivity index is 0.00000182. The van der Waals surface area contributed by atoms with Crippen molar-refractivity contribution >= 4 is 18.3 Å². The summed E-state index contributed by atoms with van der Waals surface area (Å²) < 4.78 is 10.7. The predicted octanol–water partition coefficient (Wildman–Crippen LogP) is 1.59. The third-order valence-corrected chi connectivity index (χ3v) is 5.34. The minimum Gasteiger partial charge on any atom is -0.454 e. The molecule has 0 bridgehead atoms. The monoisotopic (exact) mass is 367 g/mol. The van der Waals surface area contributed by atoms with Gasteiger partial charge in [0.25, 0.3) is 5.91 Å². The van der Waals surface area contributed by atoms with Crippen molar-refractivity contribution in [2.45, 2.75) is 13.3 Å². The topological polar surface area (TPSA) is 54.0 Å². The van der Waals surface area contributed by atoms with E-state index in [-0.39, 0.29) is 25.1 Å². The Morgan fingerprint density at radius 2 is 1.96 bits per heavy atom. The van der Waals surface area contributed by atoms with Crippen molar-refractivity contribution < 1.29 is 14.3 Å². The van der Waals surface area contributed by atoms with E-state index in [1.807, 2.05) is 17.0 Å². The second-order valence-electron chi connectivity index (χ2n) is 7.37. The molecule has 1 unspecified atom stereocenters. The molecular formula is C18H26ClN3O3. The van der Waals surface area contributed by atoms with Crippen LogP contribution in [0.3, 0.4) is 0 Å². The van der Waals surface area contributed by atoms with Gasteiger partial charge in [-0.1, -0.05) is 6.92 Å². The van der Waals surface area contributed by atoms with Crippen LogP contribution in [-0.4, -0.2) is 68.3 Å². The van der Waals surface area contributed by atoms with Crippen LogP contribution >= 0.6 is 12.4 Å². The first-order chi connectivity index (χ1) is 11.6. The number of piperazine rings is 1. The lowest BCUT2D eigenvalue weighted by molar-refractivity contribution is 0.0581. The molecule has 0 spiro atoms. The highest BCUT2D eigenvalue weighted by molar-refractivity contribution is 5.95. The molecular weight excluding hydrogens is 342 g/mol. The van der Waals surface area contributed by atoms with Gasteiger partial charge >= 0.3 is 0 Å². The molecule has 25 heavy (non-hydrogen) atoms. The molecule has 1 aromatic rings. The van der Waals surface area contributed by atoms with Gasteiger partial charge in [0.2, 0.25) is 6.79 Å². The number of fused-ring (bicyclic) bond motifs is 1. The summed E-state index contributed by atoms with van der Waals surface area (Å²) in [6.45, 7) is 9.41. The Morgan fingerprint density at radius 1 is 1.20 bits per heavy atom. The molecule has 1 aromatic carbocycles. The number of rotatable bonds is 3. The van der Waals surface area contributed by atoms with Crippen molar-refractivity contribution in [2.24, 2.45) is 5.41 Å². The smallest absolute Gasteiger partial charge is 0.254 e. The van der Waals surface area contributed by atoms with Gasteiger partial charge in [-0.05, 0) is 36.6 Å². The van der Waals surface area contributed by atoms with Gasteiger partial charge in [-0.3, -0.25) is 9.69 Å². The summed E-state index contributed by atoms with van der Waals surface area (Å²) in [7, 11) is 0. The Bertz CT molecular complexity index is 626. The van der Waals surface area contributed by atoms with Crippen molar-refractivity contribution in [1.29, 1.82) is 0 Å². The van der Waals surface area contributed by atoms with Gasteiger partial charge in [0.05, 0.1) is 0 Å². The maximum atomic E-state index is 12.7. The summed E-state index contributed by atoms with van der Waals surface area (Å²) >= 11 is 0. The Morgan fingerprint density at radius 3 is 2.68 bits per heavy atom. The molecule has 3 aliphatic heterocycles. The number of amides is 1. The highest BCUT2D eigenvalue weighted by Gasteiger charge is 2.32. The third-order valence-electron chi connectivity index (χ3n) is 5.34. The summed E-state index contributed by atoms with van der Waals surface area (Å²) in [5, 5.41) is 3.46. The van der Waals surface area contributed by atoms with E-state index in [0.29, 0.717) is 16.7 Å². The largest absolute Gasteiger partial charge is 0.454 e. The molecule has 1 atom stereocenters. The Hall–Kier alpha value is -1.50. The van der Waals surface area contributed by atoms with Crippen molar-refractivity contribution in [2.75, 3.05) is 52.6 Å². The molecule has 6 nitrogen and oxygen atoms in total. The standard InChI is InChI=1S/C18H25N3O3.ClH/c1-18(4-5-19-11-18)12-20-6-8-21(9-7-20)17(22)14-2-3-15-16(10-14)24-13-23-15;/h2-3,10,19H,4-9,11-13H2,1H3;1H. The minimum absolute atomic E-state index is 0. The molecule has 1 amide bonds. The van der Waals surface area contributed by atoms with Gasteiger partial charge in [0.15, 0.2) is 11.5 Å². The van der Waals surface area contributed by atoms with Crippen LogP contribution in [0, 0.1) is 5.41 Å². The third kappa shape index (κ3) is 3.86. The number of hydrogen-bond donors (Lipinski definition) is 1. The lowest BCUT2D eigenvalue weighted by atomic mass is 9.89. The number of ether oxygens (including phenoxy) is 2. The van der Waals surface area contributed by atoms with Gasteiger partial charge in [-0.15, -0.1) is 12.4 Å². The first-order valence-electron chi connectivity index (χ1n) is 8.75. The maximum absolute atomic E-state index is 12.7. The van der Waals surface area contributed by atoms with E-state index < -0.39 is 0 Å². The molecule has 7 heteroatoms. The molecule has 1 N–H and O–H groups in total. The van der Waals surface area contributed by atoms with Gasteiger partial charge in [-0.2, -0.15) is 0 Å². The summed E-state index contributed by atoms with van der Waals surface area (Å²) in [5.74, 6) is 1.47. The van der Waals surface area contributed by atoms with Crippen LogP contribution < -0.4 is 14.8 Å². The fraction of sp³-hybridized carbons (Fsp3) is 0.611. The first kappa shape index (κ1) is 18.3. The molecule has 138 valence electrons. The molecule has 0 saturated carbocycles. The normalized spacial score (nSPS) is 25.7. The maximum Gasteiger partial charge on any atom is 0.254 e. The number of hydrogen-bond acceptors (Lipinski definition) is 5. The zero-order valence-corrected chi connectivity index (χ0v) is 15.4. The van der Waals surface area contributed by atoms with Crippen molar-refractivity contribution in [3.63, 3.8) is 0 Å². The molecule has 3 aliphatic rings. The summed E-state index contributed by atoms with van der Waals surface area (Å²) in [6, 6.07) is 5.44. The molecule has 0 aliphatic carbocycles. The minimum atomic E-state index is 0. The lowest BCUT2D eigenvalue weighted by Crippen LogP contribution is -2.51. The number of carbonyl (C=O) groups excluding carboxylic acids is 1. The average molecular weight is 368 g/mol. The van der Waals surface area contributed by atoms with Gasteiger partial charge in [0.1, 0.15) is 0 Å². The van der Waals surface area contributed by atoms with Gasteiger partial charge < -0.3 is 19.7 Å². The molecule has 0 radical (unpaired) electrons. The van der Waals surface area contributed by atoms with E-state index in [0.717, 1.165) is 51.6 Å². The Labute approximate surface area is 154 Å². The number of carbonyl (C=O) groups is 1. The highest BCUT2D eigenvalue weighted by Crippen LogP contribution is 2.33.